The van der Waals surface area contributed by atoms with Gasteiger partial charge in [-0.25, -0.2) is 9.18 Å². The molecular weight excluding hydrogens is 683 g/mol. The zero-order valence-corrected chi connectivity index (χ0v) is 31.5. The zero-order valence-electron chi connectivity index (χ0n) is 30.7. The number of anilines is 1. The lowest BCUT2D eigenvalue weighted by atomic mass is 9.32. The quantitative estimate of drug-likeness (QED) is 0.161. The van der Waals surface area contributed by atoms with E-state index in [0.717, 1.165) is 19.3 Å². The summed E-state index contributed by atoms with van der Waals surface area (Å²) in [4.78, 5) is 30.3. The number of ether oxygens (including phenoxy) is 2. The van der Waals surface area contributed by atoms with Crippen molar-refractivity contribution in [2.45, 2.75) is 83.3 Å². The van der Waals surface area contributed by atoms with Gasteiger partial charge in [0.2, 0.25) is 0 Å². The van der Waals surface area contributed by atoms with Crippen molar-refractivity contribution in [2.24, 2.45) is 33.5 Å². The molecule has 2 aromatic rings. The molecule has 8 rings (SSSR count). The van der Waals surface area contributed by atoms with Crippen LogP contribution >= 0.6 is 11.6 Å². The molecule has 2 spiro atoms. The van der Waals surface area contributed by atoms with Crippen LogP contribution in [0.1, 0.15) is 70.8 Å². The fourth-order valence-corrected chi connectivity index (χ4v) is 11.7. The molecule has 3 N–H and O–H groups in total. The number of carbonyl (C=O) groups excluding carboxylic acids is 2. The number of nitrogens with zero attached hydrogens (tertiary/aromatic N) is 1. The summed E-state index contributed by atoms with van der Waals surface area (Å²) in [5, 5.41) is 27.2. The molecule has 6 aliphatic carbocycles. The number of allylic oxidation sites excluding steroid dienone is 4. The Hall–Kier alpha value is -3.24. The number of benzene rings is 2. The van der Waals surface area contributed by atoms with Gasteiger partial charge in [0, 0.05) is 64.8 Å². The lowest BCUT2D eigenvalue weighted by Gasteiger charge is -2.71. The Morgan fingerprint density at radius 3 is 2.42 bits per heavy atom. The molecular formula is C42H52ClFN2O6. The van der Waals surface area contributed by atoms with Gasteiger partial charge in [-0.1, -0.05) is 49.7 Å². The largest absolute Gasteiger partial charge is 0.497 e. The van der Waals surface area contributed by atoms with Gasteiger partial charge in [-0.2, -0.15) is 0 Å². The fourth-order valence-electron chi connectivity index (χ4n) is 11.5. The highest BCUT2D eigenvalue weighted by Gasteiger charge is 2.74. The van der Waals surface area contributed by atoms with Crippen molar-refractivity contribution in [1.29, 1.82) is 0 Å². The summed E-state index contributed by atoms with van der Waals surface area (Å²) in [6, 6.07) is 11.3. The van der Waals surface area contributed by atoms with Gasteiger partial charge in [0.1, 0.15) is 11.6 Å². The number of carbonyl (C=O) groups is 2. The van der Waals surface area contributed by atoms with Crippen LogP contribution in [-0.2, 0) is 16.0 Å². The van der Waals surface area contributed by atoms with E-state index >= 15 is 4.39 Å². The third kappa shape index (κ3) is 5.64. The number of urea groups is 1. The van der Waals surface area contributed by atoms with Crippen LogP contribution in [0.2, 0.25) is 5.02 Å². The standard InChI is InChI=1S/C42H52ClFN2O6/c1-38-16-13-28(47)24-40(38)19-20-42(31(25-40)34(48)23-30-32(43)7-5-8-33(30)44)35(38)14-17-39(2)36(42)15-18-41(39,50)26-46(21-6-22-51-3)37(49)45-27-9-11-29(52-4)12-10-27/h5,7-12,19-20,25,28,35-36,47,50H,6,13-18,21-24,26H2,1-4H3,(H,45,49). The fraction of sp³-hybridized carbons (Fsp3) is 0.571. The lowest BCUT2D eigenvalue weighted by Crippen LogP contribution is -2.67. The Balaban J connectivity index is 1.25. The Morgan fingerprint density at radius 2 is 1.71 bits per heavy atom. The number of nitrogens with one attached hydrogen (secondary N) is 1. The molecule has 280 valence electrons. The van der Waals surface area contributed by atoms with Gasteiger partial charge < -0.3 is 29.9 Å². The molecule has 2 aromatic carbocycles. The summed E-state index contributed by atoms with van der Waals surface area (Å²) >= 11 is 6.47. The number of methoxy groups -OCH3 is 2. The van der Waals surface area contributed by atoms with Gasteiger partial charge in [0.25, 0.3) is 0 Å². The smallest absolute Gasteiger partial charge is 0.321 e. The zero-order chi connectivity index (χ0) is 37.1. The molecule has 8 atom stereocenters. The summed E-state index contributed by atoms with van der Waals surface area (Å²) in [5.41, 5.74) is -1.81. The second-order valence-electron chi connectivity index (χ2n) is 16.5. The maximum atomic E-state index is 15.1. The summed E-state index contributed by atoms with van der Waals surface area (Å²) in [5.74, 6) is -0.00757. The van der Waals surface area contributed by atoms with Crippen molar-refractivity contribution in [1.82, 2.24) is 4.90 Å². The van der Waals surface area contributed by atoms with E-state index in [0.29, 0.717) is 62.3 Å². The van der Waals surface area contributed by atoms with Gasteiger partial charge in [-0.3, -0.25) is 4.79 Å². The molecule has 8 unspecified atom stereocenters. The summed E-state index contributed by atoms with van der Waals surface area (Å²) in [6.45, 7) is 5.47. The molecule has 0 aromatic heterocycles. The van der Waals surface area contributed by atoms with Crippen molar-refractivity contribution < 1.29 is 33.7 Å². The number of hydrogen-bond donors (Lipinski definition) is 3. The van der Waals surface area contributed by atoms with E-state index in [2.05, 4.69) is 37.4 Å². The highest BCUT2D eigenvalue weighted by atomic mass is 35.5. The Morgan fingerprint density at radius 1 is 1.00 bits per heavy atom. The number of halogens is 2. The molecule has 52 heavy (non-hydrogen) atoms. The average Bonchev–Trinajstić information content (AvgIpc) is 3.39. The molecule has 0 radical (unpaired) electrons. The Kier molecular flexibility index (Phi) is 9.67. The maximum Gasteiger partial charge on any atom is 0.321 e. The van der Waals surface area contributed by atoms with Gasteiger partial charge in [0.05, 0.1) is 25.4 Å². The van der Waals surface area contributed by atoms with E-state index in [9.17, 15) is 19.8 Å². The molecule has 6 aliphatic rings. The van der Waals surface area contributed by atoms with Crippen LogP contribution in [0, 0.1) is 39.3 Å². The third-order valence-corrected chi connectivity index (χ3v) is 14.6. The molecule has 10 heteroatoms. The van der Waals surface area contributed by atoms with E-state index in [4.69, 9.17) is 21.1 Å². The molecule has 0 saturated heterocycles. The number of rotatable bonds is 11. The second-order valence-corrected chi connectivity index (χ2v) is 16.9. The highest BCUT2D eigenvalue weighted by Crippen LogP contribution is 2.78. The SMILES string of the molecule is COCCCN(CC1(O)CCC2C34C=CC5(C=C3C(=O)Cc3c(F)cccc3Cl)CC(O)CCC5(C)C4CCC21C)C(=O)Nc1ccc(OC)cc1. The third-order valence-electron chi connectivity index (χ3n) is 14.3. The van der Waals surface area contributed by atoms with Crippen LogP contribution in [0.5, 0.6) is 5.75 Å². The number of fused-ring (bicyclic) bond motifs is 1. The first-order valence-corrected chi connectivity index (χ1v) is 19.1. The maximum absolute atomic E-state index is 15.1. The van der Waals surface area contributed by atoms with Crippen LogP contribution in [0.15, 0.2) is 66.3 Å². The van der Waals surface area contributed by atoms with Crippen molar-refractivity contribution in [3.05, 3.63) is 82.7 Å². The minimum absolute atomic E-state index is 0.0918. The molecule has 2 bridgehead atoms. The molecule has 0 aliphatic heterocycles. The summed E-state index contributed by atoms with van der Waals surface area (Å²) in [6.07, 6.45) is 11.3. The first-order valence-electron chi connectivity index (χ1n) is 18.7. The second kappa shape index (κ2) is 13.6. The lowest BCUT2D eigenvalue weighted by molar-refractivity contribution is -0.177. The molecule has 8 nitrogen and oxygen atoms in total. The Labute approximate surface area is 311 Å². The number of aliphatic hydroxyl groups is 2. The first kappa shape index (κ1) is 37.1. The molecule has 3 saturated carbocycles. The highest BCUT2D eigenvalue weighted by molar-refractivity contribution is 6.31. The number of aliphatic hydroxyl groups excluding tert-OH is 1. The van der Waals surface area contributed by atoms with E-state index in [1.165, 1.54) is 6.07 Å². The normalized spacial score (nSPS) is 35.6. The summed E-state index contributed by atoms with van der Waals surface area (Å²) in [7, 11) is 3.22. The number of hydrogen-bond acceptors (Lipinski definition) is 6. The van der Waals surface area contributed by atoms with Gasteiger partial charge in [0.15, 0.2) is 5.78 Å². The van der Waals surface area contributed by atoms with Crippen LogP contribution in [0.4, 0.5) is 14.9 Å². The number of ketones is 1. The first-order chi connectivity index (χ1) is 24.8. The predicted octanol–water partition coefficient (Wildman–Crippen LogP) is 7.76. The number of amides is 2. The average molecular weight is 735 g/mol. The molecule has 2 amide bonds. The van der Waals surface area contributed by atoms with Gasteiger partial charge in [-0.15, -0.1) is 0 Å². The van der Waals surface area contributed by atoms with Crippen LogP contribution in [0.25, 0.3) is 0 Å². The van der Waals surface area contributed by atoms with Crippen molar-refractivity contribution in [3.8, 4) is 5.75 Å². The number of Topliss-reactive ketones (excluding diaryl/α,β-unsaturated/α-hetero) is 1. The van der Waals surface area contributed by atoms with Crippen molar-refractivity contribution in [2.75, 3.05) is 39.2 Å². The van der Waals surface area contributed by atoms with Gasteiger partial charge in [-0.05, 0) is 105 Å². The Bertz CT molecular complexity index is 1760. The van der Waals surface area contributed by atoms with Crippen molar-refractivity contribution >= 4 is 29.1 Å². The minimum atomic E-state index is -1.24. The van der Waals surface area contributed by atoms with Crippen LogP contribution in [0.3, 0.4) is 0 Å². The van der Waals surface area contributed by atoms with Crippen LogP contribution in [-0.4, -0.2) is 72.5 Å². The van der Waals surface area contributed by atoms with E-state index in [1.807, 2.05) is 0 Å². The monoisotopic (exact) mass is 734 g/mol. The van der Waals surface area contributed by atoms with Gasteiger partial charge >= 0.3 is 6.03 Å². The van der Waals surface area contributed by atoms with Crippen LogP contribution < -0.4 is 10.1 Å². The van der Waals surface area contributed by atoms with E-state index in [-0.39, 0.29) is 52.6 Å². The molecule has 3 fully saturated rings. The summed E-state index contributed by atoms with van der Waals surface area (Å²) < 4.78 is 25.7. The van der Waals surface area contributed by atoms with Crippen molar-refractivity contribution in [3.63, 3.8) is 0 Å². The predicted molar refractivity (Wildman–Crippen MR) is 199 cm³/mol. The minimum Gasteiger partial charge on any atom is -0.497 e. The van der Waals surface area contributed by atoms with E-state index in [1.54, 1.807) is 55.5 Å². The molecule has 0 heterocycles. The topological polar surface area (TPSA) is 108 Å². The van der Waals surface area contributed by atoms with E-state index < -0.39 is 33.8 Å².